The molecular weight excluding hydrogens is 374 g/mol. The van der Waals surface area contributed by atoms with Crippen molar-refractivity contribution >= 4 is 11.8 Å². The van der Waals surface area contributed by atoms with Crippen LogP contribution in [-0.2, 0) is 16.0 Å². The third-order valence-corrected chi connectivity index (χ3v) is 6.06. The zero-order valence-electron chi connectivity index (χ0n) is 16.6. The monoisotopic (exact) mass is 405 g/mol. The van der Waals surface area contributed by atoms with Crippen LogP contribution in [0.3, 0.4) is 0 Å². The summed E-state index contributed by atoms with van der Waals surface area (Å²) in [6.07, 6.45) is -0.284. The van der Waals surface area contributed by atoms with Gasteiger partial charge >= 0.3 is 0 Å². The second-order valence-electron chi connectivity index (χ2n) is 8.10. The van der Waals surface area contributed by atoms with Crippen LogP contribution in [0.1, 0.15) is 31.2 Å². The molecular formula is C21H31N3O5. The summed E-state index contributed by atoms with van der Waals surface area (Å²) in [6.45, 7) is 1.35. The highest BCUT2D eigenvalue weighted by Gasteiger charge is 2.41. The molecule has 5 N–H and O–H groups in total. The average Bonchev–Trinajstić information content (AvgIpc) is 2.72. The van der Waals surface area contributed by atoms with Gasteiger partial charge in [-0.15, -0.1) is 0 Å². The first-order valence-corrected chi connectivity index (χ1v) is 10.3. The van der Waals surface area contributed by atoms with Crippen molar-refractivity contribution in [2.24, 2.45) is 5.73 Å². The van der Waals surface area contributed by atoms with Crippen LogP contribution in [0.15, 0.2) is 30.3 Å². The standard InChI is InChI=1S/C21H31N3O5/c22-20(28)18-13-16(26)8-11-24(18)21(29)19(27)17(12-14-4-2-1-3-5-14)23-9-6-15(25)7-10-23/h1-5,15-19,25-27H,6-13H2,(H2,22,28)/t16?,17-,18?,19+/m0/s1. The summed E-state index contributed by atoms with van der Waals surface area (Å²) in [4.78, 5) is 28.4. The molecule has 0 spiro atoms. The first-order valence-electron chi connectivity index (χ1n) is 10.3. The molecule has 1 aromatic rings. The molecule has 2 unspecified atom stereocenters. The number of amides is 2. The summed E-state index contributed by atoms with van der Waals surface area (Å²) < 4.78 is 0. The summed E-state index contributed by atoms with van der Waals surface area (Å²) in [6, 6.07) is 8.25. The largest absolute Gasteiger partial charge is 0.393 e. The number of nitrogens with zero attached hydrogens (tertiary/aromatic N) is 2. The van der Waals surface area contributed by atoms with E-state index in [4.69, 9.17) is 5.73 Å². The predicted molar refractivity (Wildman–Crippen MR) is 107 cm³/mol. The van der Waals surface area contributed by atoms with E-state index in [0.29, 0.717) is 38.8 Å². The lowest BCUT2D eigenvalue weighted by Crippen LogP contribution is -2.60. The predicted octanol–water partition coefficient (Wildman–Crippen LogP) is -0.747. The Kier molecular flexibility index (Phi) is 7.23. The highest BCUT2D eigenvalue weighted by molar-refractivity contribution is 5.89. The van der Waals surface area contributed by atoms with Crippen LogP contribution in [0.25, 0.3) is 0 Å². The van der Waals surface area contributed by atoms with Crippen LogP contribution in [0.4, 0.5) is 0 Å². The van der Waals surface area contributed by atoms with Crippen LogP contribution in [0.2, 0.25) is 0 Å². The van der Waals surface area contributed by atoms with Gasteiger partial charge in [0.05, 0.1) is 12.2 Å². The second kappa shape index (κ2) is 9.67. The lowest BCUT2D eigenvalue weighted by molar-refractivity contribution is -0.154. The molecule has 0 aromatic heterocycles. The molecule has 2 amide bonds. The summed E-state index contributed by atoms with van der Waals surface area (Å²) in [5.41, 5.74) is 6.45. The molecule has 2 aliphatic heterocycles. The first-order chi connectivity index (χ1) is 13.9. The highest BCUT2D eigenvalue weighted by atomic mass is 16.3. The van der Waals surface area contributed by atoms with Gasteiger partial charge in [-0.2, -0.15) is 0 Å². The number of piperidine rings is 2. The molecule has 2 aliphatic rings. The molecule has 3 rings (SSSR count). The Morgan fingerprint density at radius 1 is 1.03 bits per heavy atom. The SMILES string of the molecule is NC(=O)C1CC(O)CCN1C(=O)[C@H](O)[C@H](Cc1ccccc1)N1CCC(O)CC1. The van der Waals surface area contributed by atoms with Crippen molar-refractivity contribution in [2.75, 3.05) is 19.6 Å². The van der Waals surface area contributed by atoms with Gasteiger partial charge in [-0.1, -0.05) is 30.3 Å². The lowest BCUT2D eigenvalue weighted by Gasteiger charge is -2.42. The molecule has 0 radical (unpaired) electrons. The number of aliphatic hydroxyl groups excluding tert-OH is 3. The van der Waals surface area contributed by atoms with E-state index >= 15 is 0 Å². The first kappa shape index (κ1) is 21.7. The summed E-state index contributed by atoms with van der Waals surface area (Å²) in [7, 11) is 0. The number of carbonyl (C=O) groups is 2. The molecule has 2 saturated heterocycles. The van der Waals surface area contributed by atoms with Gasteiger partial charge in [0.15, 0.2) is 0 Å². The number of nitrogens with two attached hydrogens (primary N) is 1. The fraction of sp³-hybridized carbons (Fsp3) is 0.619. The van der Waals surface area contributed by atoms with Gasteiger partial charge in [0.1, 0.15) is 12.1 Å². The zero-order chi connectivity index (χ0) is 21.0. The quantitative estimate of drug-likeness (QED) is 0.493. The molecule has 160 valence electrons. The van der Waals surface area contributed by atoms with Gasteiger partial charge in [-0.05, 0) is 31.2 Å². The van der Waals surface area contributed by atoms with Gasteiger partial charge in [0.2, 0.25) is 5.91 Å². The zero-order valence-corrected chi connectivity index (χ0v) is 16.6. The van der Waals surface area contributed by atoms with E-state index in [0.717, 1.165) is 5.56 Å². The van der Waals surface area contributed by atoms with Crippen molar-refractivity contribution in [2.45, 2.75) is 62.5 Å². The van der Waals surface area contributed by atoms with Crippen molar-refractivity contribution in [3.63, 3.8) is 0 Å². The Labute approximate surface area is 170 Å². The number of primary amides is 1. The minimum absolute atomic E-state index is 0.0903. The van der Waals surface area contributed by atoms with Crippen molar-refractivity contribution in [1.29, 1.82) is 0 Å². The van der Waals surface area contributed by atoms with Gasteiger partial charge in [-0.25, -0.2) is 0 Å². The number of hydrogen-bond acceptors (Lipinski definition) is 6. The van der Waals surface area contributed by atoms with E-state index in [1.807, 2.05) is 35.2 Å². The van der Waals surface area contributed by atoms with Gasteiger partial charge in [0, 0.05) is 32.1 Å². The lowest BCUT2D eigenvalue weighted by atomic mass is 9.93. The number of aliphatic hydroxyl groups is 3. The Morgan fingerprint density at radius 2 is 1.66 bits per heavy atom. The molecule has 2 heterocycles. The molecule has 1 aromatic carbocycles. The fourth-order valence-corrected chi connectivity index (χ4v) is 4.33. The normalized spacial score (nSPS) is 26.1. The van der Waals surface area contributed by atoms with Crippen LogP contribution >= 0.6 is 0 Å². The highest BCUT2D eigenvalue weighted by Crippen LogP contribution is 2.23. The Hall–Kier alpha value is -2.00. The molecule has 29 heavy (non-hydrogen) atoms. The van der Waals surface area contributed by atoms with E-state index in [1.165, 1.54) is 4.90 Å². The third-order valence-electron chi connectivity index (χ3n) is 6.06. The Morgan fingerprint density at radius 3 is 2.28 bits per heavy atom. The molecule has 2 fully saturated rings. The van der Waals surface area contributed by atoms with Gasteiger partial charge in [0.25, 0.3) is 5.91 Å². The Balaban J connectivity index is 1.79. The van der Waals surface area contributed by atoms with Gasteiger partial charge < -0.3 is 26.0 Å². The van der Waals surface area contributed by atoms with Crippen LogP contribution in [0, 0.1) is 0 Å². The van der Waals surface area contributed by atoms with Crippen LogP contribution in [-0.4, -0.2) is 87.0 Å². The summed E-state index contributed by atoms with van der Waals surface area (Å²) >= 11 is 0. The minimum atomic E-state index is -1.33. The molecule has 4 atom stereocenters. The van der Waals surface area contributed by atoms with Crippen molar-refractivity contribution < 1.29 is 24.9 Å². The summed E-state index contributed by atoms with van der Waals surface area (Å²) in [5, 5.41) is 30.8. The number of likely N-dealkylation sites (tertiary alicyclic amines) is 2. The number of carbonyl (C=O) groups excluding carboxylic acids is 2. The van der Waals surface area contributed by atoms with E-state index in [9.17, 15) is 24.9 Å². The maximum absolute atomic E-state index is 13.2. The van der Waals surface area contributed by atoms with E-state index < -0.39 is 36.1 Å². The molecule has 0 aliphatic carbocycles. The van der Waals surface area contributed by atoms with E-state index in [1.54, 1.807) is 0 Å². The Bertz CT molecular complexity index is 693. The second-order valence-corrected chi connectivity index (χ2v) is 8.10. The molecule has 0 bridgehead atoms. The van der Waals surface area contributed by atoms with Crippen molar-refractivity contribution in [1.82, 2.24) is 9.80 Å². The molecule has 8 heteroatoms. The van der Waals surface area contributed by atoms with Crippen LogP contribution < -0.4 is 5.73 Å². The van der Waals surface area contributed by atoms with Crippen LogP contribution in [0.5, 0.6) is 0 Å². The topological polar surface area (TPSA) is 127 Å². The molecule has 8 nitrogen and oxygen atoms in total. The average molecular weight is 405 g/mol. The minimum Gasteiger partial charge on any atom is -0.393 e. The van der Waals surface area contributed by atoms with Crippen molar-refractivity contribution in [3.8, 4) is 0 Å². The smallest absolute Gasteiger partial charge is 0.253 e. The third kappa shape index (κ3) is 5.33. The molecule has 0 saturated carbocycles. The maximum Gasteiger partial charge on any atom is 0.253 e. The fourth-order valence-electron chi connectivity index (χ4n) is 4.33. The number of benzene rings is 1. The summed E-state index contributed by atoms with van der Waals surface area (Å²) in [5.74, 6) is -1.21. The van der Waals surface area contributed by atoms with Gasteiger partial charge in [-0.3, -0.25) is 14.5 Å². The number of rotatable bonds is 6. The maximum atomic E-state index is 13.2. The van der Waals surface area contributed by atoms with E-state index in [2.05, 4.69) is 0 Å². The van der Waals surface area contributed by atoms with Crippen molar-refractivity contribution in [3.05, 3.63) is 35.9 Å². The van der Waals surface area contributed by atoms with E-state index in [-0.39, 0.29) is 19.1 Å². The number of hydrogen-bond donors (Lipinski definition) is 4.